The zero-order valence-electron chi connectivity index (χ0n) is 5.46. The Morgan fingerprint density at radius 2 is 2.44 bits per heavy atom. The summed E-state index contributed by atoms with van der Waals surface area (Å²) >= 11 is 0. The summed E-state index contributed by atoms with van der Waals surface area (Å²) in [5.41, 5.74) is 0.875. The first kappa shape index (κ1) is 6.01. The van der Waals surface area contributed by atoms with Crippen LogP contribution in [0.15, 0.2) is 6.20 Å². The standard InChI is InChI=1S/C6H8N2O/c1-5-3-8(2)6(4-9)7-5/h3-4H,1-2H3. The van der Waals surface area contributed by atoms with Crippen LogP contribution in [-0.2, 0) is 7.05 Å². The van der Waals surface area contributed by atoms with Crippen molar-refractivity contribution in [3.8, 4) is 0 Å². The van der Waals surface area contributed by atoms with E-state index in [9.17, 15) is 4.79 Å². The molecule has 1 aromatic heterocycles. The van der Waals surface area contributed by atoms with Crippen molar-refractivity contribution < 1.29 is 4.79 Å². The number of aldehydes is 1. The quantitative estimate of drug-likeness (QED) is 0.512. The van der Waals surface area contributed by atoms with E-state index in [4.69, 9.17) is 0 Å². The summed E-state index contributed by atoms with van der Waals surface area (Å²) < 4.78 is 1.70. The van der Waals surface area contributed by atoms with Gasteiger partial charge < -0.3 is 4.57 Å². The van der Waals surface area contributed by atoms with Crippen LogP contribution in [0.3, 0.4) is 0 Å². The first-order valence-corrected chi connectivity index (χ1v) is 2.69. The van der Waals surface area contributed by atoms with Gasteiger partial charge in [0.1, 0.15) is 0 Å². The van der Waals surface area contributed by atoms with E-state index in [1.165, 1.54) is 0 Å². The van der Waals surface area contributed by atoms with E-state index >= 15 is 0 Å². The smallest absolute Gasteiger partial charge is 0.185 e. The Bertz CT molecular complexity index is 227. The lowest BCUT2D eigenvalue weighted by Gasteiger charge is -1.86. The molecule has 9 heavy (non-hydrogen) atoms. The third kappa shape index (κ3) is 0.988. The lowest BCUT2D eigenvalue weighted by molar-refractivity contribution is 0.111. The van der Waals surface area contributed by atoms with Gasteiger partial charge in [0.25, 0.3) is 0 Å². The van der Waals surface area contributed by atoms with E-state index < -0.39 is 0 Å². The number of rotatable bonds is 1. The zero-order chi connectivity index (χ0) is 6.85. The molecule has 0 aliphatic carbocycles. The van der Waals surface area contributed by atoms with Gasteiger partial charge in [-0.15, -0.1) is 0 Å². The molecule has 3 heteroatoms. The number of carbonyl (C=O) groups is 1. The Labute approximate surface area is 53.3 Å². The highest BCUT2D eigenvalue weighted by atomic mass is 16.1. The number of aromatic nitrogens is 2. The Hall–Kier alpha value is -1.12. The highest BCUT2D eigenvalue weighted by molar-refractivity contribution is 5.69. The average Bonchev–Trinajstić information content (AvgIpc) is 2.10. The maximum atomic E-state index is 10.2. The summed E-state index contributed by atoms with van der Waals surface area (Å²) in [5, 5.41) is 0. The molecule has 0 saturated heterocycles. The van der Waals surface area contributed by atoms with Gasteiger partial charge in [-0.05, 0) is 6.92 Å². The molecule has 0 aliphatic heterocycles. The Morgan fingerprint density at radius 3 is 2.67 bits per heavy atom. The second kappa shape index (κ2) is 2.01. The first-order chi connectivity index (χ1) is 4.24. The predicted molar refractivity (Wildman–Crippen MR) is 33.3 cm³/mol. The molecule has 0 bridgehead atoms. The van der Waals surface area contributed by atoms with Crippen molar-refractivity contribution in [1.29, 1.82) is 0 Å². The third-order valence-corrected chi connectivity index (χ3v) is 1.14. The number of aryl methyl sites for hydroxylation is 2. The minimum atomic E-state index is 0.479. The van der Waals surface area contributed by atoms with Crippen LogP contribution in [0.25, 0.3) is 0 Å². The van der Waals surface area contributed by atoms with Crippen molar-refractivity contribution in [2.24, 2.45) is 7.05 Å². The molecule has 0 aromatic carbocycles. The molecular formula is C6H8N2O. The average molecular weight is 124 g/mol. The lowest BCUT2D eigenvalue weighted by Crippen LogP contribution is -1.92. The number of hydrogen-bond donors (Lipinski definition) is 0. The normalized spacial score (nSPS) is 9.56. The number of carbonyl (C=O) groups excluding carboxylic acids is 1. The lowest BCUT2D eigenvalue weighted by atomic mass is 10.6. The molecule has 3 nitrogen and oxygen atoms in total. The van der Waals surface area contributed by atoms with Crippen LogP contribution >= 0.6 is 0 Å². The van der Waals surface area contributed by atoms with Crippen LogP contribution in [0.4, 0.5) is 0 Å². The van der Waals surface area contributed by atoms with Crippen molar-refractivity contribution >= 4 is 6.29 Å². The fraction of sp³-hybridized carbons (Fsp3) is 0.333. The van der Waals surface area contributed by atoms with Gasteiger partial charge >= 0.3 is 0 Å². The van der Waals surface area contributed by atoms with Gasteiger partial charge in [-0.25, -0.2) is 4.98 Å². The summed E-state index contributed by atoms with van der Waals surface area (Å²) in [6.45, 7) is 1.85. The van der Waals surface area contributed by atoms with Crippen molar-refractivity contribution in [2.75, 3.05) is 0 Å². The molecule has 0 amide bonds. The van der Waals surface area contributed by atoms with Crippen LogP contribution in [0.1, 0.15) is 16.3 Å². The predicted octanol–water partition coefficient (Wildman–Crippen LogP) is 0.541. The van der Waals surface area contributed by atoms with Crippen LogP contribution < -0.4 is 0 Å². The van der Waals surface area contributed by atoms with E-state index in [0.29, 0.717) is 5.82 Å². The third-order valence-electron chi connectivity index (χ3n) is 1.14. The summed E-state index contributed by atoms with van der Waals surface area (Å²) in [4.78, 5) is 14.1. The Kier molecular flexibility index (Phi) is 1.34. The Morgan fingerprint density at radius 1 is 1.78 bits per heavy atom. The largest absolute Gasteiger partial charge is 0.332 e. The molecule has 0 fully saturated rings. The van der Waals surface area contributed by atoms with Gasteiger partial charge in [0.05, 0.1) is 5.69 Å². The van der Waals surface area contributed by atoms with Crippen LogP contribution in [0.5, 0.6) is 0 Å². The number of nitrogens with zero attached hydrogens (tertiary/aromatic N) is 2. The summed E-state index contributed by atoms with van der Waals surface area (Å²) in [6, 6.07) is 0. The van der Waals surface area contributed by atoms with Gasteiger partial charge in [-0.1, -0.05) is 0 Å². The van der Waals surface area contributed by atoms with E-state index in [2.05, 4.69) is 4.98 Å². The summed E-state index contributed by atoms with van der Waals surface area (Å²) in [7, 11) is 1.80. The van der Waals surface area contributed by atoms with Gasteiger partial charge in [0, 0.05) is 13.2 Å². The molecule has 0 N–H and O–H groups in total. The van der Waals surface area contributed by atoms with Gasteiger partial charge in [-0.3, -0.25) is 4.79 Å². The van der Waals surface area contributed by atoms with Gasteiger partial charge in [-0.2, -0.15) is 0 Å². The van der Waals surface area contributed by atoms with E-state index in [-0.39, 0.29) is 0 Å². The van der Waals surface area contributed by atoms with E-state index in [1.807, 2.05) is 13.1 Å². The molecule has 0 aliphatic rings. The fourth-order valence-corrected chi connectivity index (χ4v) is 0.744. The maximum Gasteiger partial charge on any atom is 0.185 e. The highest BCUT2D eigenvalue weighted by Gasteiger charge is 1.97. The number of imidazole rings is 1. The van der Waals surface area contributed by atoms with E-state index in [1.54, 1.807) is 11.6 Å². The van der Waals surface area contributed by atoms with E-state index in [0.717, 1.165) is 12.0 Å². The monoisotopic (exact) mass is 124 g/mol. The molecule has 1 heterocycles. The van der Waals surface area contributed by atoms with Crippen molar-refractivity contribution in [2.45, 2.75) is 6.92 Å². The number of hydrogen-bond acceptors (Lipinski definition) is 2. The van der Waals surface area contributed by atoms with Crippen LogP contribution in [0, 0.1) is 6.92 Å². The molecule has 0 spiro atoms. The molecule has 1 rings (SSSR count). The molecule has 0 saturated carbocycles. The minimum Gasteiger partial charge on any atom is -0.332 e. The first-order valence-electron chi connectivity index (χ1n) is 2.69. The van der Waals surface area contributed by atoms with Crippen molar-refractivity contribution in [1.82, 2.24) is 9.55 Å². The van der Waals surface area contributed by atoms with Gasteiger partial charge in [0.15, 0.2) is 12.1 Å². The molecule has 1 aromatic rings. The SMILES string of the molecule is Cc1cn(C)c(C=O)n1. The Balaban J connectivity index is 3.15. The zero-order valence-corrected chi connectivity index (χ0v) is 5.46. The summed E-state index contributed by atoms with van der Waals surface area (Å²) in [5.74, 6) is 0.479. The molecule has 48 valence electrons. The molecule has 0 atom stereocenters. The van der Waals surface area contributed by atoms with Crippen LogP contribution in [-0.4, -0.2) is 15.8 Å². The van der Waals surface area contributed by atoms with Crippen LogP contribution in [0.2, 0.25) is 0 Å². The molecular weight excluding hydrogens is 116 g/mol. The van der Waals surface area contributed by atoms with Gasteiger partial charge in [0.2, 0.25) is 0 Å². The maximum absolute atomic E-state index is 10.2. The van der Waals surface area contributed by atoms with Crippen molar-refractivity contribution in [3.05, 3.63) is 17.7 Å². The molecule has 0 unspecified atom stereocenters. The fourth-order valence-electron chi connectivity index (χ4n) is 0.744. The molecule has 0 radical (unpaired) electrons. The highest BCUT2D eigenvalue weighted by Crippen LogP contribution is 1.95. The summed E-state index contributed by atoms with van der Waals surface area (Å²) in [6.07, 6.45) is 2.55. The second-order valence-corrected chi connectivity index (χ2v) is 1.97. The van der Waals surface area contributed by atoms with Crippen molar-refractivity contribution in [3.63, 3.8) is 0 Å². The topological polar surface area (TPSA) is 34.9 Å². The second-order valence-electron chi connectivity index (χ2n) is 1.97. The minimum absolute atomic E-state index is 0.479.